The van der Waals surface area contributed by atoms with E-state index in [1.165, 1.54) is 11.8 Å². The molecule has 0 fully saturated rings. The number of aryl methyl sites for hydroxylation is 2. The first-order chi connectivity index (χ1) is 13.6. The number of hydrogen-bond donors (Lipinski definition) is 1. The molecule has 146 valence electrons. The number of benzene rings is 2. The quantitative estimate of drug-likeness (QED) is 0.560. The Bertz CT molecular complexity index is 916. The lowest BCUT2D eigenvalue weighted by Crippen LogP contribution is -2.16. The minimum absolute atomic E-state index is 0.0928. The second-order valence-electron chi connectivity index (χ2n) is 6.10. The van der Waals surface area contributed by atoms with Crippen LogP contribution >= 0.6 is 11.8 Å². The summed E-state index contributed by atoms with van der Waals surface area (Å²) in [4.78, 5) is 12.4. The third kappa shape index (κ3) is 4.72. The summed E-state index contributed by atoms with van der Waals surface area (Å²) in [5.74, 6) is 1.28. The minimum Gasteiger partial charge on any atom is -0.497 e. The molecule has 0 saturated carbocycles. The van der Waals surface area contributed by atoms with E-state index in [9.17, 15) is 4.79 Å². The number of nitrogens with zero attached hydrogens (tertiary/aromatic N) is 2. The van der Waals surface area contributed by atoms with E-state index in [1.807, 2.05) is 42.5 Å². The highest BCUT2D eigenvalue weighted by Gasteiger charge is 2.14. The van der Waals surface area contributed by atoms with Crippen molar-refractivity contribution in [3.63, 3.8) is 0 Å². The van der Waals surface area contributed by atoms with Crippen molar-refractivity contribution in [2.24, 2.45) is 0 Å². The van der Waals surface area contributed by atoms with Crippen molar-refractivity contribution in [2.75, 3.05) is 18.2 Å². The maximum atomic E-state index is 12.4. The predicted molar refractivity (Wildman–Crippen MR) is 111 cm³/mol. The number of hydrogen-bond acceptors (Lipinski definition) is 6. The molecule has 0 unspecified atom stereocenters. The van der Waals surface area contributed by atoms with Gasteiger partial charge in [0.05, 0.1) is 12.9 Å². The number of carbonyl (C=O) groups excluding carboxylic acids is 1. The lowest BCUT2D eigenvalue weighted by molar-refractivity contribution is -0.113. The molecule has 1 amide bonds. The molecule has 0 bridgehead atoms. The third-order valence-corrected chi connectivity index (χ3v) is 5.15. The van der Waals surface area contributed by atoms with Crippen LogP contribution in [0.25, 0.3) is 11.5 Å². The van der Waals surface area contributed by atoms with Crippen molar-refractivity contribution >= 4 is 23.4 Å². The summed E-state index contributed by atoms with van der Waals surface area (Å²) >= 11 is 1.22. The van der Waals surface area contributed by atoms with Crippen LogP contribution in [0.2, 0.25) is 0 Å². The van der Waals surface area contributed by atoms with Gasteiger partial charge in [-0.05, 0) is 48.2 Å². The zero-order chi connectivity index (χ0) is 19.9. The van der Waals surface area contributed by atoms with E-state index >= 15 is 0 Å². The fourth-order valence-corrected chi connectivity index (χ4v) is 3.39. The highest BCUT2D eigenvalue weighted by molar-refractivity contribution is 7.99. The van der Waals surface area contributed by atoms with Crippen LogP contribution < -0.4 is 10.1 Å². The van der Waals surface area contributed by atoms with Gasteiger partial charge in [0.25, 0.3) is 5.22 Å². The Kier molecular flexibility index (Phi) is 6.71. The van der Waals surface area contributed by atoms with Crippen molar-refractivity contribution in [1.82, 2.24) is 10.2 Å². The van der Waals surface area contributed by atoms with Gasteiger partial charge < -0.3 is 14.5 Å². The normalized spacial score (nSPS) is 10.7. The van der Waals surface area contributed by atoms with Gasteiger partial charge in [0.15, 0.2) is 0 Å². The van der Waals surface area contributed by atoms with Gasteiger partial charge in [0.1, 0.15) is 5.75 Å². The van der Waals surface area contributed by atoms with Crippen LogP contribution in [-0.2, 0) is 17.6 Å². The molecular formula is C21H23N3O3S. The number of aromatic nitrogens is 2. The summed E-state index contributed by atoms with van der Waals surface area (Å²) in [6, 6.07) is 13.5. The summed E-state index contributed by atoms with van der Waals surface area (Å²) in [6.07, 6.45) is 1.73. The molecule has 3 rings (SSSR count). The predicted octanol–water partition coefficient (Wildman–Crippen LogP) is 4.60. The van der Waals surface area contributed by atoms with Crippen LogP contribution in [0.5, 0.6) is 5.75 Å². The maximum Gasteiger partial charge on any atom is 0.277 e. The SMILES string of the molecule is CCc1cccc(CC)c1NC(=O)CSc1nnc(-c2ccc(OC)cc2)o1. The standard InChI is InChI=1S/C21H23N3O3S/c1-4-14-7-6-8-15(5-2)19(14)22-18(25)13-28-21-24-23-20(27-21)16-9-11-17(26-3)12-10-16/h6-12H,4-5,13H2,1-3H3,(H,22,25). The molecule has 28 heavy (non-hydrogen) atoms. The molecule has 0 aliphatic rings. The van der Waals surface area contributed by atoms with Crippen LogP contribution in [0.3, 0.4) is 0 Å². The number of anilines is 1. The van der Waals surface area contributed by atoms with Gasteiger partial charge in [0.2, 0.25) is 11.8 Å². The fourth-order valence-electron chi connectivity index (χ4n) is 2.82. The van der Waals surface area contributed by atoms with Crippen LogP contribution in [-0.4, -0.2) is 29.0 Å². The fraction of sp³-hybridized carbons (Fsp3) is 0.286. The zero-order valence-electron chi connectivity index (χ0n) is 16.2. The number of carbonyl (C=O) groups is 1. The molecule has 7 heteroatoms. The molecule has 0 spiro atoms. The molecule has 3 aromatic rings. The highest BCUT2D eigenvalue weighted by Crippen LogP contribution is 2.26. The Morgan fingerprint density at radius 2 is 1.75 bits per heavy atom. The molecule has 0 aliphatic heterocycles. The van der Waals surface area contributed by atoms with Crippen molar-refractivity contribution in [3.05, 3.63) is 53.6 Å². The number of amides is 1. The van der Waals surface area contributed by atoms with Crippen molar-refractivity contribution in [3.8, 4) is 17.2 Å². The zero-order valence-corrected chi connectivity index (χ0v) is 17.0. The molecule has 0 radical (unpaired) electrons. The Hall–Kier alpha value is -2.80. The maximum absolute atomic E-state index is 12.4. The first kappa shape index (κ1) is 19.9. The van der Waals surface area contributed by atoms with Gasteiger partial charge in [-0.1, -0.05) is 43.8 Å². The Morgan fingerprint density at radius 3 is 2.36 bits per heavy atom. The lowest BCUT2D eigenvalue weighted by Gasteiger charge is -2.13. The highest BCUT2D eigenvalue weighted by atomic mass is 32.2. The van der Waals surface area contributed by atoms with Crippen molar-refractivity contribution in [2.45, 2.75) is 31.9 Å². The van der Waals surface area contributed by atoms with Crippen LogP contribution in [0.4, 0.5) is 5.69 Å². The van der Waals surface area contributed by atoms with Crippen molar-refractivity contribution < 1.29 is 13.9 Å². The largest absolute Gasteiger partial charge is 0.497 e. The number of thioether (sulfide) groups is 1. The van der Waals surface area contributed by atoms with Gasteiger partial charge in [0, 0.05) is 11.3 Å². The van der Waals surface area contributed by atoms with Crippen LogP contribution in [0.15, 0.2) is 52.1 Å². The van der Waals surface area contributed by atoms with E-state index in [-0.39, 0.29) is 11.7 Å². The number of rotatable bonds is 8. The molecule has 0 atom stereocenters. The molecule has 1 heterocycles. The second-order valence-corrected chi connectivity index (χ2v) is 7.02. The topological polar surface area (TPSA) is 77.2 Å². The van der Waals surface area contributed by atoms with Gasteiger partial charge in [-0.15, -0.1) is 10.2 Å². The van der Waals surface area contributed by atoms with E-state index in [0.717, 1.165) is 41.0 Å². The number of para-hydroxylation sites is 1. The Balaban J connectivity index is 1.62. The van der Waals surface area contributed by atoms with E-state index in [0.29, 0.717) is 11.1 Å². The summed E-state index contributed by atoms with van der Waals surface area (Å²) in [6.45, 7) is 4.16. The smallest absolute Gasteiger partial charge is 0.277 e. The first-order valence-electron chi connectivity index (χ1n) is 9.16. The van der Waals surface area contributed by atoms with Crippen LogP contribution in [0, 0.1) is 0 Å². The van der Waals surface area contributed by atoms with E-state index < -0.39 is 0 Å². The third-order valence-electron chi connectivity index (χ3n) is 4.33. The van der Waals surface area contributed by atoms with E-state index in [1.54, 1.807) is 7.11 Å². The van der Waals surface area contributed by atoms with Gasteiger partial charge in [-0.3, -0.25) is 4.79 Å². The summed E-state index contributed by atoms with van der Waals surface area (Å²) < 4.78 is 10.8. The summed E-state index contributed by atoms with van der Waals surface area (Å²) in [5.41, 5.74) is 3.99. The van der Waals surface area contributed by atoms with Gasteiger partial charge in [-0.25, -0.2) is 0 Å². The van der Waals surface area contributed by atoms with Gasteiger partial charge in [-0.2, -0.15) is 0 Å². The molecular weight excluding hydrogens is 374 g/mol. The summed E-state index contributed by atoms with van der Waals surface area (Å²) in [7, 11) is 1.61. The minimum atomic E-state index is -0.0928. The molecule has 1 aromatic heterocycles. The first-order valence-corrected chi connectivity index (χ1v) is 10.1. The molecule has 0 aliphatic carbocycles. The second kappa shape index (κ2) is 9.41. The lowest BCUT2D eigenvalue weighted by atomic mass is 10.0. The Morgan fingerprint density at radius 1 is 1.07 bits per heavy atom. The molecule has 0 saturated heterocycles. The number of nitrogens with one attached hydrogen (secondary N) is 1. The number of ether oxygens (including phenoxy) is 1. The monoisotopic (exact) mass is 397 g/mol. The van der Waals surface area contributed by atoms with Crippen LogP contribution in [0.1, 0.15) is 25.0 Å². The molecule has 2 aromatic carbocycles. The van der Waals surface area contributed by atoms with E-state index in [4.69, 9.17) is 9.15 Å². The average molecular weight is 398 g/mol. The number of methoxy groups -OCH3 is 1. The molecule has 6 nitrogen and oxygen atoms in total. The Labute approximate surface area is 168 Å². The molecule has 1 N–H and O–H groups in total. The van der Waals surface area contributed by atoms with Crippen molar-refractivity contribution in [1.29, 1.82) is 0 Å². The van der Waals surface area contributed by atoms with E-state index in [2.05, 4.69) is 29.4 Å². The summed E-state index contributed by atoms with van der Waals surface area (Å²) in [5, 5.41) is 11.5. The average Bonchev–Trinajstić information content (AvgIpc) is 3.21. The van der Waals surface area contributed by atoms with Gasteiger partial charge >= 0.3 is 0 Å².